The van der Waals surface area contributed by atoms with E-state index in [1.807, 2.05) is 26.8 Å². The molecule has 1 aliphatic carbocycles. The highest BCUT2D eigenvalue weighted by molar-refractivity contribution is 7.99. The van der Waals surface area contributed by atoms with Crippen molar-refractivity contribution < 1.29 is 18.5 Å². The number of allylic oxidation sites excluding steroid dienone is 3. The van der Waals surface area contributed by atoms with E-state index in [0.29, 0.717) is 41.6 Å². The zero-order valence-corrected chi connectivity index (χ0v) is 21.6. The minimum Gasteiger partial charge on any atom is -0.480 e. The van der Waals surface area contributed by atoms with E-state index in [4.69, 9.17) is 4.99 Å². The normalized spacial score (nSPS) is 20.3. The fraction of sp³-hybridized carbons (Fsp3) is 0.423. The number of pyridine rings is 1. The van der Waals surface area contributed by atoms with Crippen molar-refractivity contribution in [3.8, 4) is 0 Å². The van der Waals surface area contributed by atoms with Gasteiger partial charge in [-0.2, -0.15) is 0 Å². The van der Waals surface area contributed by atoms with Gasteiger partial charge in [-0.25, -0.2) is 4.79 Å². The van der Waals surface area contributed by atoms with Gasteiger partial charge in [0.25, 0.3) is 5.56 Å². The highest BCUT2D eigenvalue weighted by Crippen LogP contribution is 2.49. The first kappa shape index (κ1) is 24.8. The second kappa shape index (κ2) is 9.21. The van der Waals surface area contributed by atoms with Gasteiger partial charge in [-0.1, -0.05) is 0 Å². The summed E-state index contributed by atoms with van der Waals surface area (Å²) in [6, 6.07) is 2.48. The number of carbonyl (C=O) groups is 1. The standard InChI is InChI=1S/C26H28BF2N3O3S/c1-13-9-15(3)30-23(13)19(24-14(2)10-16(4)32(24)27(28)29)8-7-18-11-21(33)31-20(26(34)35)12-36-25(31)22(18)17-5-6-17/h9-11,17,20H,5-8,12H2,1-4H3,(H,34,35)/b23-19-. The summed E-state index contributed by atoms with van der Waals surface area (Å²) in [4.78, 5) is 29.5. The first-order valence-corrected chi connectivity index (χ1v) is 13.1. The van der Waals surface area contributed by atoms with Crippen LogP contribution in [0.3, 0.4) is 0 Å². The summed E-state index contributed by atoms with van der Waals surface area (Å²) in [5.41, 5.74) is 6.57. The number of aliphatic carboxylic acids is 1. The molecule has 2 aromatic rings. The molecule has 0 saturated heterocycles. The fourth-order valence-corrected chi connectivity index (χ4v) is 7.00. The number of carboxylic acids is 1. The summed E-state index contributed by atoms with van der Waals surface area (Å²) in [7, 11) is -2.68. The summed E-state index contributed by atoms with van der Waals surface area (Å²) in [6.45, 7) is 7.35. The van der Waals surface area contributed by atoms with Crippen molar-refractivity contribution in [3.63, 3.8) is 0 Å². The molecule has 1 saturated carbocycles. The van der Waals surface area contributed by atoms with Gasteiger partial charge in [-0.15, -0.1) is 11.8 Å². The number of thioether (sulfide) groups is 1. The Kier molecular flexibility index (Phi) is 6.35. The van der Waals surface area contributed by atoms with Crippen molar-refractivity contribution in [2.24, 2.45) is 4.99 Å². The Labute approximate surface area is 213 Å². The number of fused-ring (bicyclic) bond motifs is 1. The number of nitrogens with zero attached hydrogens (tertiary/aromatic N) is 3. The molecule has 2 aromatic heterocycles. The Hall–Kier alpha value is -2.88. The van der Waals surface area contributed by atoms with Crippen LogP contribution in [0.1, 0.15) is 73.1 Å². The van der Waals surface area contributed by atoms with Crippen LogP contribution in [0.2, 0.25) is 0 Å². The van der Waals surface area contributed by atoms with Crippen LogP contribution in [0.15, 0.2) is 44.3 Å². The fourth-order valence-electron chi connectivity index (χ4n) is 5.58. The molecule has 1 atom stereocenters. The van der Waals surface area contributed by atoms with Crippen LogP contribution in [0.5, 0.6) is 0 Å². The molecule has 10 heteroatoms. The molecule has 4 heterocycles. The van der Waals surface area contributed by atoms with E-state index in [9.17, 15) is 23.3 Å². The van der Waals surface area contributed by atoms with Crippen molar-refractivity contribution in [1.82, 2.24) is 9.05 Å². The van der Waals surface area contributed by atoms with E-state index in [1.165, 1.54) is 16.3 Å². The lowest BCUT2D eigenvalue weighted by atomic mass is 9.93. The van der Waals surface area contributed by atoms with E-state index in [-0.39, 0.29) is 5.56 Å². The topological polar surface area (TPSA) is 76.6 Å². The minimum atomic E-state index is -2.68. The van der Waals surface area contributed by atoms with Crippen LogP contribution in [-0.4, -0.2) is 39.0 Å². The molecule has 188 valence electrons. The van der Waals surface area contributed by atoms with Gasteiger partial charge in [0.1, 0.15) is 6.04 Å². The molecule has 3 aliphatic rings. The molecule has 5 rings (SSSR count). The predicted molar refractivity (Wildman–Crippen MR) is 139 cm³/mol. The summed E-state index contributed by atoms with van der Waals surface area (Å²) in [6.07, 6.45) is 4.88. The highest BCUT2D eigenvalue weighted by atomic mass is 32.2. The molecular formula is C26H28BF2N3O3S. The number of hydrogen-bond donors (Lipinski definition) is 1. The van der Waals surface area contributed by atoms with Crippen molar-refractivity contribution in [2.75, 3.05) is 5.75 Å². The van der Waals surface area contributed by atoms with Crippen LogP contribution in [0, 0.1) is 13.8 Å². The Morgan fingerprint density at radius 2 is 1.94 bits per heavy atom. The SMILES string of the molecule is CC1=CC(C)=N/C1=C(/CCc1cc(=O)n2c(c1C1CC1)SCC2C(=O)O)c1c(C)cc(C)n1B(F)F. The molecule has 0 spiro atoms. The Morgan fingerprint density at radius 3 is 2.53 bits per heavy atom. The molecule has 1 unspecified atom stereocenters. The largest absolute Gasteiger partial charge is 0.677 e. The van der Waals surface area contributed by atoms with Crippen molar-refractivity contribution >= 4 is 36.4 Å². The smallest absolute Gasteiger partial charge is 0.480 e. The molecule has 36 heavy (non-hydrogen) atoms. The van der Waals surface area contributed by atoms with Gasteiger partial charge in [0.05, 0.1) is 10.7 Å². The predicted octanol–water partition coefficient (Wildman–Crippen LogP) is 5.41. The first-order valence-electron chi connectivity index (χ1n) is 12.2. The molecule has 0 amide bonds. The lowest BCUT2D eigenvalue weighted by Gasteiger charge is -2.19. The molecule has 6 nitrogen and oxygen atoms in total. The van der Waals surface area contributed by atoms with Crippen LogP contribution in [-0.2, 0) is 11.2 Å². The number of hydrogen-bond acceptors (Lipinski definition) is 4. The maximum atomic E-state index is 14.2. The third-order valence-electron chi connectivity index (χ3n) is 7.21. The summed E-state index contributed by atoms with van der Waals surface area (Å²) < 4.78 is 30.8. The quantitative estimate of drug-likeness (QED) is 0.505. The molecule has 1 N–H and O–H groups in total. The molecule has 2 aliphatic heterocycles. The summed E-state index contributed by atoms with van der Waals surface area (Å²) in [5.74, 6) is -0.359. The van der Waals surface area contributed by atoms with Gasteiger partial charge in [-0.05, 0) is 93.7 Å². The maximum absolute atomic E-state index is 14.2. The monoisotopic (exact) mass is 511 g/mol. The molecule has 0 bridgehead atoms. The second-order valence-corrected chi connectivity index (χ2v) is 10.9. The van der Waals surface area contributed by atoms with Gasteiger partial charge in [-0.3, -0.25) is 23.0 Å². The number of carboxylic acid groups (broad SMARTS) is 1. The van der Waals surface area contributed by atoms with E-state index in [1.54, 1.807) is 19.1 Å². The number of rotatable bonds is 7. The van der Waals surface area contributed by atoms with Crippen LogP contribution < -0.4 is 5.56 Å². The van der Waals surface area contributed by atoms with E-state index < -0.39 is 19.4 Å². The van der Waals surface area contributed by atoms with E-state index in [0.717, 1.165) is 55.9 Å². The van der Waals surface area contributed by atoms with Gasteiger partial charge in [0.2, 0.25) is 0 Å². The van der Waals surface area contributed by atoms with Gasteiger partial charge in [0.15, 0.2) is 0 Å². The van der Waals surface area contributed by atoms with Crippen LogP contribution >= 0.6 is 11.8 Å². The zero-order chi connectivity index (χ0) is 25.9. The van der Waals surface area contributed by atoms with Gasteiger partial charge >= 0.3 is 13.4 Å². The van der Waals surface area contributed by atoms with Crippen LogP contribution in [0.25, 0.3) is 5.57 Å². The van der Waals surface area contributed by atoms with Crippen molar-refractivity contribution in [3.05, 3.63) is 67.9 Å². The second-order valence-electron chi connectivity index (χ2n) is 9.91. The average molecular weight is 511 g/mol. The van der Waals surface area contributed by atoms with E-state index >= 15 is 0 Å². The highest BCUT2D eigenvalue weighted by Gasteiger charge is 2.38. The number of aliphatic imine (C=N–C) groups is 1. The van der Waals surface area contributed by atoms with E-state index in [2.05, 4.69) is 0 Å². The zero-order valence-electron chi connectivity index (χ0n) is 20.8. The number of halogens is 2. The molecule has 1 fully saturated rings. The Balaban J connectivity index is 1.61. The number of aryl methyl sites for hydroxylation is 3. The number of aromatic nitrogens is 2. The molecule has 0 radical (unpaired) electrons. The molecular weight excluding hydrogens is 483 g/mol. The first-order chi connectivity index (χ1) is 17.1. The summed E-state index contributed by atoms with van der Waals surface area (Å²) >= 11 is 1.43. The van der Waals surface area contributed by atoms with Gasteiger partial charge in [0, 0.05) is 34.5 Å². The Morgan fingerprint density at radius 1 is 1.22 bits per heavy atom. The lowest BCUT2D eigenvalue weighted by Crippen LogP contribution is -2.29. The Bertz CT molecular complexity index is 1430. The molecule has 0 aromatic carbocycles. The third kappa shape index (κ3) is 4.19. The lowest BCUT2D eigenvalue weighted by molar-refractivity contribution is -0.140. The maximum Gasteiger partial charge on any atom is 0.677 e. The van der Waals surface area contributed by atoms with Crippen LogP contribution in [0.4, 0.5) is 8.63 Å². The average Bonchev–Trinajstić information content (AvgIpc) is 3.31. The summed E-state index contributed by atoms with van der Waals surface area (Å²) in [5, 5.41) is 10.4. The van der Waals surface area contributed by atoms with Gasteiger partial charge < -0.3 is 9.58 Å². The third-order valence-corrected chi connectivity index (χ3v) is 8.38. The minimum absolute atomic E-state index is 0.306. The van der Waals surface area contributed by atoms with Crippen molar-refractivity contribution in [1.29, 1.82) is 0 Å². The van der Waals surface area contributed by atoms with Crippen molar-refractivity contribution in [2.45, 2.75) is 70.4 Å².